The van der Waals surface area contributed by atoms with Crippen molar-refractivity contribution in [2.45, 2.75) is 35.0 Å². The zero-order chi connectivity index (χ0) is 36.0. The maximum absolute atomic E-state index is 14.0. The van der Waals surface area contributed by atoms with Gasteiger partial charge >= 0.3 is 17.2 Å². The van der Waals surface area contributed by atoms with Gasteiger partial charge in [-0.05, 0) is 60.6 Å². The molecule has 4 aromatic rings. The normalized spacial score (nSPS) is 26.5. The number of carbonyl (C=O) groups excluding carboxylic acids is 3. The molecule has 264 valence electrons. The number of halogens is 6. The highest BCUT2D eigenvalue weighted by Gasteiger charge is 2.70. The summed E-state index contributed by atoms with van der Waals surface area (Å²) in [6.07, 6.45) is -8.85. The number of fused-ring (bicyclic) bond motifs is 9. The SMILES string of the molecule is O=C(COc1ccccc1[C@H]1c2sc(=O)[nH]c2SC2C3CC(C4C(=O)N(c5cccc(C(F)(F)F)c5)C(=O)C34)C21)Nc1ccccc1C(F)(F)F. The molecule has 0 spiro atoms. The molecule has 8 rings (SSSR count). The molecular weight excluding hydrogens is 721 g/mol. The van der Waals surface area contributed by atoms with Gasteiger partial charge in [-0.2, -0.15) is 26.3 Å². The number of carbonyl (C=O) groups is 3. The largest absolute Gasteiger partial charge is 0.483 e. The second kappa shape index (κ2) is 12.0. The molecule has 6 unspecified atom stereocenters. The minimum Gasteiger partial charge on any atom is -0.483 e. The number of para-hydroxylation sites is 2. The molecule has 3 fully saturated rings. The fourth-order valence-corrected chi connectivity index (χ4v) is 11.4. The average Bonchev–Trinajstić information content (AvgIpc) is 3.82. The number of benzene rings is 3. The number of thiazole rings is 1. The van der Waals surface area contributed by atoms with Crippen molar-refractivity contribution in [1.82, 2.24) is 4.98 Å². The molecular formula is C35H25F6N3O5S2. The second-order valence-corrected chi connectivity index (χ2v) is 15.1. The quantitative estimate of drug-likeness (QED) is 0.160. The van der Waals surface area contributed by atoms with Crippen LogP contribution in [0.3, 0.4) is 0 Å². The van der Waals surface area contributed by atoms with Crippen molar-refractivity contribution in [2.75, 3.05) is 16.8 Å². The van der Waals surface area contributed by atoms with E-state index in [9.17, 15) is 45.5 Å². The number of amides is 3. The number of aromatic amines is 1. The minimum atomic E-state index is -4.70. The van der Waals surface area contributed by atoms with Crippen LogP contribution in [0, 0.1) is 29.6 Å². The Hall–Kier alpha value is -4.57. The molecule has 3 heterocycles. The molecule has 51 heavy (non-hydrogen) atoms. The van der Waals surface area contributed by atoms with E-state index in [1.54, 1.807) is 24.3 Å². The molecule has 8 nitrogen and oxygen atoms in total. The van der Waals surface area contributed by atoms with Gasteiger partial charge in [0.1, 0.15) is 5.75 Å². The maximum atomic E-state index is 14.0. The highest BCUT2D eigenvalue weighted by Crippen LogP contribution is 2.69. The zero-order valence-corrected chi connectivity index (χ0v) is 27.6. The Morgan fingerprint density at radius 1 is 0.882 bits per heavy atom. The Labute approximate surface area is 293 Å². The fraction of sp³-hybridized carbons (Fsp3) is 0.314. The second-order valence-electron chi connectivity index (χ2n) is 12.9. The van der Waals surface area contributed by atoms with E-state index in [1.165, 1.54) is 30.0 Å². The molecule has 3 amide bonds. The molecule has 16 heteroatoms. The predicted octanol–water partition coefficient (Wildman–Crippen LogP) is 7.17. The lowest BCUT2D eigenvalue weighted by Gasteiger charge is -2.43. The van der Waals surface area contributed by atoms with Crippen molar-refractivity contribution in [3.8, 4) is 5.75 Å². The topological polar surface area (TPSA) is 109 Å². The maximum Gasteiger partial charge on any atom is 0.418 e. The van der Waals surface area contributed by atoms with Crippen LogP contribution >= 0.6 is 23.1 Å². The Balaban J connectivity index is 1.11. The summed E-state index contributed by atoms with van der Waals surface area (Å²) in [5.41, 5.74) is -1.97. The first-order valence-electron chi connectivity index (χ1n) is 15.8. The van der Waals surface area contributed by atoms with Gasteiger partial charge in [0.15, 0.2) is 6.61 Å². The lowest BCUT2D eigenvalue weighted by atomic mass is 9.68. The van der Waals surface area contributed by atoms with E-state index in [-0.39, 0.29) is 39.3 Å². The van der Waals surface area contributed by atoms with Gasteiger partial charge < -0.3 is 15.0 Å². The molecule has 2 saturated carbocycles. The lowest BCUT2D eigenvalue weighted by Crippen LogP contribution is -2.42. The number of nitrogens with one attached hydrogen (secondary N) is 2. The molecule has 2 bridgehead atoms. The first kappa shape index (κ1) is 33.6. The Kier molecular flexibility index (Phi) is 7.90. The number of aromatic nitrogens is 1. The summed E-state index contributed by atoms with van der Waals surface area (Å²) in [5, 5.41) is 2.62. The number of H-pyrrole nitrogens is 1. The van der Waals surface area contributed by atoms with Gasteiger partial charge in [0.2, 0.25) is 11.8 Å². The van der Waals surface area contributed by atoms with Crippen LogP contribution in [0.1, 0.15) is 33.9 Å². The van der Waals surface area contributed by atoms with Crippen molar-refractivity contribution in [3.63, 3.8) is 0 Å². The van der Waals surface area contributed by atoms with Crippen molar-refractivity contribution in [2.24, 2.45) is 29.6 Å². The van der Waals surface area contributed by atoms with Crippen LogP contribution in [0.5, 0.6) is 5.75 Å². The van der Waals surface area contributed by atoms with E-state index in [0.29, 0.717) is 21.9 Å². The van der Waals surface area contributed by atoms with Crippen molar-refractivity contribution in [1.29, 1.82) is 0 Å². The standard InChI is InChI=1S/C35H25F6N3O5S2/c36-34(37,38)15-6-5-7-16(12-15)44-31(46)26-18-13-19(27(26)32(44)47)28-25(18)24(29-30(50-28)43-33(48)51-29)17-8-1-4-11-22(17)49-14-23(45)42-21-10-3-2-9-20(21)35(39,40)41/h1-12,18-19,24-28H,13-14H2,(H,42,45)(H,43,48)/t18?,19?,24-,25?,26?,27?,28?/m1/s1. The third-order valence-electron chi connectivity index (χ3n) is 10.3. The summed E-state index contributed by atoms with van der Waals surface area (Å²) in [6.45, 7) is -0.634. The summed E-state index contributed by atoms with van der Waals surface area (Å²) < 4.78 is 87.1. The number of ether oxygens (including phenoxy) is 1. The summed E-state index contributed by atoms with van der Waals surface area (Å²) in [4.78, 5) is 57.6. The van der Waals surface area contributed by atoms with Crippen molar-refractivity contribution < 1.29 is 45.5 Å². The molecule has 2 N–H and O–H groups in total. The Bertz CT molecular complexity index is 2150. The van der Waals surface area contributed by atoms with Crippen LogP contribution < -0.4 is 19.8 Å². The Morgan fingerprint density at radius 2 is 1.59 bits per heavy atom. The minimum absolute atomic E-state index is 0.140. The molecule has 1 saturated heterocycles. The van der Waals surface area contributed by atoms with Crippen LogP contribution in [0.4, 0.5) is 37.7 Å². The molecule has 2 aliphatic heterocycles. The summed E-state index contributed by atoms with van der Waals surface area (Å²) in [7, 11) is 0. The zero-order valence-electron chi connectivity index (χ0n) is 26.0. The van der Waals surface area contributed by atoms with Crippen LogP contribution in [0.15, 0.2) is 82.6 Å². The third-order valence-corrected chi connectivity index (χ3v) is 12.9. The number of hydrogen-bond donors (Lipinski definition) is 2. The average molecular weight is 746 g/mol. The molecule has 7 atom stereocenters. The van der Waals surface area contributed by atoms with Gasteiger partial charge in [0, 0.05) is 21.6 Å². The number of nitrogens with zero attached hydrogens (tertiary/aromatic N) is 1. The first-order chi connectivity index (χ1) is 24.2. The summed E-state index contributed by atoms with van der Waals surface area (Å²) >= 11 is 2.41. The van der Waals surface area contributed by atoms with E-state index in [1.807, 2.05) is 0 Å². The van der Waals surface area contributed by atoms with Crippen LogP contribution in [-0.4, -0.2) is 34.6 Å². The molecule has 2 aliphatic carbocycles. The lowest BCUT2D eigenvalue weighted by molar-refractivity contribution is -0.138. The number of thioether (sulfide) groups is 1. The fourth-order valence-electron chi connectivity index (χ4n) is 8.48. The predicted molar refractivity (Wildman–Crippen MR) is 174 cm³/mol. The van der Waals surface area contributed by atoms with Crippen LogP contribution in [0.25, 0.3) is 0 Å². The third kappa shape index (κ3) is 5.53. The number of anilines is 2. The van der Waals surface area contributed by atoms with E-state index in [4.69, 9.17) is 4.74 Å². The number of hydrogen-bond acceptors (Lipinski definition) is 7. The van der Waals surface area contributed by atoms with Gasteiger partial charge in [-0.1, -0.05) is 47.7 Å². The highest BCUT2D eigenvalue weighted by atomic mass is 32.2. The van der Waals surface area contributed by atoms with Crippen LogP contribution in [0.2, 0.25) is 0 Å². The first-order valence-corrected chi connectivity index (χ1v) is 17.5. The van der Waals surface area contributed by atoms with E-state index in [0.717, 1.165) is 46.6 Å². The Morgan fingerprint density at radius 3 is 2.33 bits per heavy atom. The molecule has 3 aromatic carbocycles. The highest BCUT2D eigenvalue weighted by molar-refractivity contribution is 8.00. The van der Waals surface area contributed by atoms with Gasteiger partial charge in [-0.25, -0.2) is 0 Å². The van der Waals surface area contributed by atoms with Gasteiger partial charge in [-0.15, -0.1) is 11.8 Å². The summed E-state index contributed by atoms with van der Waals surface area (Å²) in [5.74, 6) is -4.72. The summed E-state index contributed by atoms with van der Waals surface area (Å²) in [6, 6.07) is 15.5. The van der Waals surface area contributed by atoms with Gasteiger partial charge in [-0.3, -0.25) is 24.1 Å². The molecule has 0 radical (unpaired) electrons. The number of imide groups is 1. The molecule has 4 aliphatic rings. The van der Waals surface area contributed by atoms with E-state index < -0.39 is 71.2 Å². The number of alkyl halides is 6. The van der Waals surface area contributed by atoms with Crippen LogP contribution in [-0.2, 0) is 26.7 Å². The number of rotatable bonds is 6. The van der Waals surface area contributed by atoms with Gasteiger partial charge in [0.25, 0.3) is 5.91 Å². The monoisotopic (exact) mass is 745 g/mol. The van der Waals surface area contributed by atoms with E-state index >= 15 is 0 Å². The van der Waals surface area contributed by atoms with Crippen molar-refractivity contribution in [3.05, 3.63) is 104 Å². The smallest absolute Gasteiger partial charge is 0.418 e. The van der Waals surface area contributed by atoms with E-state index in [2.05, 4.69) is 10.3 Å². The molecule has 1 aromatic heterocycles. The van der Waals surface area contributed by atoms with Gasteiger partial charge in [0.05, 0.1) is 39.4 Å². The van der Waals surface area contributed by atoms with Crippen molar-refractivity contribution >= 4 is 52.2 Å².